The lowest BCUT2D eigenvalue weighted by atomic mass is 9.92. The van der Waals surface area contributed by atoms with Crippen molar-refractivity contribution in [2.75, 3.05) is 6.61 Å². The molecule has 0 amide bonds. The van der Waals surface area contributed by atoms with E-state index in [1.165, 1.54) is 55.2 Å². The summed E-state index contributed by atoms with van der Waals surface area (Å²) in [6.07, 6.45) is 19.2. The second-order valence-corrected chi connectivity index (χ2v) is 7.79. The van der Waals surface area contributed by atoms with Crippen molar-refractivity contribution >= 4 is 5.57 Å². The van der Waals surface area contributed by atoms with Crippen molar-refractivity contribution in [2.45, 2.75) is 57.5 Å². The second kappa shape index (κ2) is 8.35. The molecule has 1 unspecified atom stereocenters. The van der Waals surface area contributed by atoms with Crippen LogP contribution in [-0.2, 0) is 4.74 Å². The molecular weight excluding hydrogens is 323 g/mol. The van der Waals surface area contributed by atoms with Crippen LogP contribution in [0.5, 0.6) is 0 Å². The third-order valence-electron chi connectivity index (χ3n) is 5.75. The molecule has 4 rings (SSSR count). The Morgan fingerprint density at radius 2 is 1.85 bits per heavy atom. The van der Waals surface area contributed by atoms with Crippen LogP contribution >= 0.6 is 0 Å². The van der Waals surface area contributed by atoms with Gasteiger partial charge in [-0.05, 0) is 60.4 Å². The van der Waals surface area contributed by atoms with Gasteiger partial charge in [0.1, 0.15) is 5.82 Å². The predicted molar refractivity (Wildman–Crippen MR) is 105 cm³/mol. The highest BCUT2D eigenvalue weighted by Crippen LogP contribution is 2.41. The predicted octanol–water partition coefficient (Wildman–Crippen LogP) is 6.43. The van der Waals surface area contributed by atoms with Crippen LogP contribution in [0.15, 0.2) is 53.6 Å². The topological polar surface area (TPSA) is 9.23 Å². The molecule has 1 atom stereocenters. The van der Waals surface area contributed by atoms with Crippen molar-refractivity contribution in [3.8, 4) is 0 Å². The minimum atomic E-state index is -0.181. The molecule has 1 aromatic carbocycles. The van der Waals surface area contributed by atoms with Gasteiger partial charge < -0.3 is 4.74 Å². The zero-order valence-electron chi connectivity index (χ0n) is 15.4. The van der Waals surface area contributed by atoms with Crippen molar-refractivity contribution in [2.24, 2.45) is 5.92 Å². The zero-order valence-corrected chi connectivity index (χ0v) is 15.4. The van der Waals surface area contributed by atoms with Crippen LogP contribution < -0.4 is 0 Å². The van der Waals surface area contributed by atoms with Gasteiger partial charge in [-0.15, -0.1) is 0 Å². The van der Waals surface area contributed by atoms with Gasteiger partial charge in [0.25, 0.3) is 0 Å². The van der Waals surface area contributed by atoms with Crippen LogP contribution in [0.25, 0.3) is 5.57 Å². The molecule has 2 fully saturated rings. The molecule has 26 heavy (non-hydrogen) atoms. The number of rotatable bonds is 7. The Balaban J connectivity index is 1.30. The maximum atomic E-state index is 13.2. The molecule has 0 saturated heterocycles. The van der Waals surface area contributed by atoms with E-state index in [0.717, 1.165) is 30.9 Å². The smallest absolute Gasteiger partial charge is 0.123 e. The summed E-state index contributed by atoms with van der Waals surface area (Å²) in [5, 5.41) is 0. The van der Waals surface area contributed by atoms with E-state index in [-0.39, 0.29) is 11.9 Å². The minimum Gasteiger partial charge on any atom is -0.374 e. The molecule has 2 saturated carbocycles. The Morgan fingerprint density at radius 3 is 2.50 bits per heavy atom. The average molecular weight is 351 g/mol. The maximum Gasteiger partial charge on any atom is 0.123 e. The van der Waals surface area contributed by atoms with E-state index in [0.29, 0.717) is 0 Å². The lowest BCUT2D eigenvalue weighted by Crippen LogP contribution is -2.14. The quantitative estimate of drug-likeness (QED) is 0.514. The summed E-state index contributed by atoms with van der Waals surface area (Å²) in [6, 6.07) is 6.86. The molecular formula is C24H28FO. The van der Waals surface area contributed by atoms with Crippen molar-refractivity contribution in [1.82, 2.24) is 0 Å². The molecule has 137 valence electrons. The van der Waals surface area contributed by atoms with Gasteiger partial charge in [-0.2, -0.15) is 0 Å². The molecule has 0 spiro atoms. The number of allylic oxidation sites excluding steroid dienone is 4. The van der Waals surface area contributed by atoms with Crippen LogP contribution in [0.3, 0.4) is 0 Å². The molecule has 0 heterocycles. The Morgan fingerprint density at radius 1 is 1.08 bits per heavy atom. The Labute approximate surface area is 156 Å². The number of halogens is 1. The summed E-state index contributed by atoms with van der Waals surface area (Å²) in [5.74, 6) is 0.763. The van der Waals surface area contributed by atoms with Gasteiger partial charge in [-0.1, -0.05) is 61.6 Å². The number of ether oxygens (including phenoxy) is 1. The van der Waals surface area contributed by atoms with E-state index in [4.69, 9.17) is 4.74 Å². The summed E-state index contributed by atoms with van der Waals surface area (Å²) in [7, 11) is 0. The number of benzene rings is 1. The molecule has 3 aliphatic rings. The zero-order chi connectivity index (χ0) is 17.8. The normalized spacial score (nSPS) is 22.6. The van der Waals surface area contributed by atoms with Crippen LogP contribution in [-0.4, -0.2) is 12.7 Å². The second-order valence-electron chi connectivity index (χ2n) is 7.79. The van der Waals surface area contributed by atoms with E-state index in [9.17, 15) is 4.39 Å². The third kappa shape index (κ3) is 4.54. The van der Waals surface area contributed by atoms with Crippen molar-refractivity contribution in [3.63, 3.8) is 0 Å². The molecule has 1 radical (unpaired) electrons. The Bertz CT molecular complexity index is 698. The minimum absolute atomic E-state index is 0.0843. The summed E-state index contributed by atoms with van der Waals surface area (Å²) in [6.45, 7) is 0.844. The summed E-state index contributed by atoms with van der Waals surface area (Å²) in [5.41, 5.74) is 5.07. The monoisotopic (exact) mass is 351 g/mol. The molecule has 1 nitrogen and oxygen atoms in total. The van der Waals surface area contributed by atoms with Crippen LogP contribution in [0.1, 0.15) is 56.9 Å². The lowest BCUT2D eigenvalue weighted by molar-refractivity contribution is 0.101. The SMILES string of the molecule is Fc1ccc(C(C2=C[CH]C(OCCCC3CCCC3)C=C2)=C2CC2)cc1. The largest absolute Gasteiger partial charge is 0.374 e. The fourth-order valence-corrected chi connectivity index (χ4v) is 4.19. The first-order valence-electron chi connectivity index (χ1n) is 10.1. The number of hydrogen-bond acceptors (Lipinski definition) is 1. The van der Waals surface area contributed by atoms with Gasteiger partial charge in [0.2, 0.25) is 0 Å². The van der Waals surface area contributed by atoms with Crippen LogP contribution in [0.4, 0.5) is 4.39 Å². The molecule has 0 bridgehead atoms. The summed E-state index contributed by atoms with van der Waals surface area (Å²) >= 11 is 0. The van der Waals surface area contributed by atoms with Gasteiger partial charge in [-0.3, -0.25) is 0 Å². The van der Waals surface area contributed by atoms with E-state index in [2.05, 4.69) is 24.6 Å². The van der Waals surface area contributed by atoms with Gasteiger partial charge in [0.05, 0.1) is 6.10 Å². The fourth-order valence-electron chi connectivity index (χ4n) is 4.19. The highest BCUT2D eigenvalue weighted by atomic mass is 19.1. The van der Waals surface area contributed by atoms with Crippen LogP contribution in [0.2, 0.25) is 0 Å². The first-order chi connectivity index (χ1) is 12.8. The highest BCUT2D eigenvalue weighted by molar-refractivity contribution is 5.86. The fraction of sp³-hybridized carbons (Fsp3) is 0.458. The summed E-state index contributed by atoms with van der Waals surface area (Å²) in [4.78, 5) is 0. The maximum absolute atomic E-state index is 13.2. The lowest BCUT2D eigenvalue weighted by Gasteiger charge is -2.19. The van der Waals surface area contributed by atoms with Crippen molar-refractivity contribution in [3.05, 3.63) is 71.4 Å². The van der Waals surface area contributed by atoms with E-state index < -0.39 is 0 Å². The average Bonchev–Trinajstić information content (AvgIpc) is 3.36. The third-order valence-corrected chi connectivity index (χ3v) is 5.75. The standard InChI is InChI=1S/C24H28FO/c25-22-13-9-20(10-14-22)24(19-7-8-19)21-11-15-23(16-12-21)26-17-3-6-18-4-1-2-5-18/h9-16,18,23H,1-8,17H2. The van der Waals surface area contributed by atoms with E-state index >= 15 is 0 Å². The van der Waals surface area contributed by atoms with Gasteiger partial charge in [0.15, 0.2) is 0 Å². The molecule has 3 aliphatic carbocycles. The van der Waals surface area contributed by atoms with E-state index in [1.807, 2.05) is 12.1 Å². The summed E-state index contributed by atoms with van der Waals surface area (Å²) < 4.78 is 19.3. The van der Waals surface area contributed by atoms with Gasteiger partial charge in [0, 0.05) is 13.0 Å². The first kappa shape index (κ1) is 17.7. The first-order valence-corrected chi connectivity index (χ1v) is 10.1. The molecule has 0 N–H and O–H groups in total. The van der Waals surface area contributed by atoms with Crippen LogP contribution in [0, 0.1) is 18.2 Å². The highest BCUT2D eigenvalue weighted by Gasteiger charge is 2.22. The van der Waals surface area contributed by atoms with Gasteiger partial charge in [-0.25, -0.2) is 4.39 Å². The molecule has 0 aromatic heterocycles. The van der Waals surface area contributed by atoms with Gasteiger partial charge >= 0.3 is 0 Å². The molecule has 2 heteroatoms. The number of hydrogen-bond donors (Lipinski definition) is 0. The van der Waals surface area contributed by atoms with Crippen molar-refractivity contribution in [1.29, 1.82) is 0 Å². The Hall–Kier alpha value is -1.67. The molecule has 0 aliphatic heterocycles. The Kier molecular flexibility index (Phi) is 5.69. The molecule has 1 aromatic rings. The van der Waals surface area contributed by atoms with Crippen molar-refractivity contribution < 1.29 is 9.13 Å². The van der Waals surface area contributed by atoms with E-state index in [1.54, 1.807) is 12.1 Å².